The maximum Gasteiger partial charge on any atom is 0.227 e. The lowest BCUT2D eigenvalue weighted by molar-refractivity contribution is 0.654. The molecule has 0 fully saturated rings. The van der Waals surface area contributed by atoms with Crippen molar-refractivity contribution in [2.24, 2.45) is 0 Å². The fourth-order valence-electron chi connectivity index (χ4n) is 6.48. The Bertz CT molecular complexity index is 2730. The van der Waals surface area contributed by atoms with Gasteiger partial charge in [-0.3, -0.25) is 0 Å². The number of hydrogen-bond acceptors (Lipinski definition) is 6. The van der Waals surface area contributed by atoms with Crippen LogP contribution in [0.3, 0.4) is 0 Å². The lowest BCUT2D eigenvalue weighted by atomic mass is 9.98. The summed E-state index contributed by atoms with van der Waals surface area (Å²) in [4.78, 5) is 19.4. The minimum absolute atomic E-state index is 0.539. The summed E-state index contributed by atoms with van der Waals surface area (Å²) < 4.78 is 6.37. The van der Waals surface area contributed by atoms with Crippen LogP contribution in [0.2, 0.25) is 0 Å². The topological polar surface area (TPSA) is 88.5 Å². The number of rotatable bonds is 6. The van der Waals surface area contributed by atoms with Crippen molar-refractivity contribution in [3.05, 3.63) is 169 Å². The summed E-state index contributed by atoms with van der Waals surface area (Å²) in [6.07, 6.45) is 1.79. The van der Waals surface area contributed by atoms with Crippen molar-refractivity contribution in [1.29, 1.82) is 5.26 Å². The summed E-state index contributed by atoms with van der Waals surface area (Å²) in [7, 11) is 0. The molecule has 6 nitrogen and oxygen atoms in total. The van der Waals surface area contributed by atoms with Crippen LogP contribution in [-0.2, 0) is 0 Å². The molecule has 51 heavy (non-hydrogen) atoms. The van der Waals surface area contributed by atoms with Crippen molar-refractivity contribution in [2.75, 3.05) is 0 Å². The Morgan fingerprint density at radius 1 is 0.451 bits per heavy atom. The number of nitrogens with zero attached hydrogens (tertiary/aromatic N) is 5. The van der Waals surface area contributed by atoms with Gasteiger partial charge >= 0.3 is 0 Å². The molecular weight excluding hydrogens is 627 g/mol. The van der Waals surface area contributed by atoms with Crippen LogP contribution >= 0.6 is 0 Å². The predicted octanol–water partition coefficient (Wildman–Crippen LogP) is 11.0. The van der Waals surface area contributed by atoms with Gasteiger partial charge in [0, 0.05) is 28.3 Å². The molecule has 0 saturated heterocycles. The van der Waals surface area contributed by atoms with Crippen molar-refractivity contribution in [2.45, 2.75) is 0 Å². The molecule has 3 aromatic heterocycles. The number of nitriles is 1. The summed E-state index contributed by atoms with van der Waals surface area (Å²) in [5.74, 6) is 1.68. The van der Waals surface area contributed by atoms with E-state index in [2.05, 4.69) is 65.7 Å². The zero-order valence-corrected chi connectivity index (χ0v) is 27.2. The number of fused-ring (bicyclic) bond motifs is 3. The van der Waals surface area contributed by atoms with Crippen LogP contribution < -0.4 is 0 Å². The number of benzene rings is 6. The molecule has 6 aromatic carbocycles. The van der Waals surface area contributed by atoms with Gasteiger partial charge in [-0.15, -0.1) is 0 Å². The van der Waals surface area contributed by atoms with Crippen LogP contribution in [0.4, 0.5) is 0 Å². The normalized spacial score (nSPS) is 11.1. The Kier molecular flexibility index (Phi) is 7.42. The van der Waals surface area contributed by atoms with E-state index in [4.69, 9.17) is 19.4 Å². The van der Waals surface area contributed by atoms with E-state index < -0.39 is 0 Å². The molecule has 0 atom stereocenters. The summed E-state index contributed by atoms with van der Waals surface area (Å²) in [5, 5.41) is 11.3. The zero-order valence-electron chi connectivity index (χ0n) is 27.2. The minimum atomic E-state index is 0.539. The third-order valence-corrected chi connectivity index (χ3v) is 9.07. The van der Waals surface area contributed by atoms with E-state index in [-0.39, 0.29) is 0 Å². The van der Waals surface area contributed by atoms with Gasteiger partial charge in [-0.1, -0.05) is 127 Å². The summed E-state index contributed by atoms with van der Waals surface area (Å²) >= 11 is 0. The molecule has 0 bridgehead atoms. The molecule has 0 radical (unpaired) electrons. The highest BCUT2D eigenvalue weighted by Gasteiger charge is 2.17. The Balaban J connectivity index is 1.12. The van der Waals surface area contributed by atoms with Gasteiger partial charge in [-0.25, -0.2) is 19.9 Å². The Hall–Kier alpha value is -7.23. The molecule has 0 aliphatic rings. The molecule has 0 aliphatic carbocycles. The van der Waals surface area contributed by atoms with Crippen LogP contribution in [0.5, 0.6) is 0 Å². The van der Waals surface area contributed by atoms with Gasteiger partial charge < -0.3 is 4.42 Å². The lowest BCUT2D eigenvalue weighted by Gasteiger charge is -2.09. The highest BCUT2D eigenvalue weighted by molar-refractivity contribution is 6.11. The third-order valence-electron chi connectivity index (χ3n) is 9.07. The highest BCUT2D eigenvalue weighted by Crippen LogP contribution is 2.38. The van der Waals surface area contributed by atoms with Crippen LogP contribution in [0.1, 0.15) is 5.56 Å². The molecule has 9 rings (SSSR count). The first-order valence-electron chi connectivity index (χ1n) is 16.6. The smallest absolute Gasteiger partial charge is 0.227 e. The highest BCUT2D eigenvalue weighted by atomic mass is 16.3. The van der Waals surface area contributed by atoms with Gasteiger partial charge in [-0.05, 0) is 63.7 Å². The third kappa shape index (κ3) is 5.69. The molecule has 0 amide bonds. The van der Waals surface area contributed by atoms with Gasteiger partial charge in [0.2, 0.25) is 5.71 Å². The summed E-state index contributed by atoms with van der Waals surface area (Å²) in [6, 6.07) is 54.9. The molecule has 0 unspecified atom stereocenters. The first-order chi connectivity index (χ1) is 25.2. The Morgan fingerprint density at radius 2 is 0.980 bits per heavy atom. The Labute approximate surface area is 294 Å². The van der Waals surface area contributed by atoms with Crippen molar-refractivity contribution in [3.8, 4) is 73.6 Å². The van der Waals surface area contributed by atoms with E-state index in [1.807, 2.05) is 97.1 Å². The fourth-order valence-corrected chi connectivity index (χ4v) is 6.48. The molecule has 0 spiro atoms. The predicted molar refractivity (Wildman–Crippen MR) is 202 cm³/mol. The molecule has 6 heteroatoms. The van der Waals surface area contributed by atoms with E-state index in [0.717, 1.165) is 49.7 Å². The second kappa shape index (κ2) is 12.7. The number of aromatic nitrogens is 4. The first-order valence-corrected chi connectivity index (χ1v) is 16.6. The van der Waals surface area contributed by atoms with Crippen molar-refractivity contribution >= 4 is 22.1 Å². The van der Waals surface area contributed by atoms with Gasteiger partial charge in [0.1, 0.15) is 5.58 Å². The summed E-state index contributed by atoms with van der Waals surface area (Å²) in [6.45, 7) is 0. The van der Waals surface area contributed by atoms with Crippen molar-refractivity contribution in [3.63, 3.8) is 0 Å². The second-order valence-electron chi connectivity index (χ2n) is 12.2. The largest absolute Gasteiger partial charge is 0.438 e. The van der Waals surface area contributed by atoms with E-state index >= 15 is 0 Å². The average molecular weight is 654 g/mol. The molecule has 0 N–H and O–H groups in total. The van der Waals surface area contributed by atoms with Crippen LogP contribution in [0.15, 0.2) is 168 Å². The molecule has 0 saturated carbocycles. The number of furan rings is 1. The maximum atomic E-state index is 9.36. The van der Waals surface area contributed by atoms with E-state index in [1.165, 1.54) is 11.1 Å². The number of hydrogen-bond donors (Lipinski definition) is 0. The van der Waals surface area contributed by atoms with Crippen LogP contribution in [0, 0.1) is 11.3 Å². The van der Waals surface area contributed by atoms with Crippen molar-refractivity contribution < 1.29 is 4.42 Å². The standard InChI is InChI=1S/C45H27N5O/c46-28-29-8-7-13-36(26-29)32-16-20-35(21-17-32)43-48-42(34-11-5-2-6-12-34)49-44(50-43)37-22-23-39-40(27-37)51-45-41(39)38(24-25-47-45)33-18-14-31(15-19-33)30-9-3-1-4-10-30/h1-27H. The zero-order chi connectivity index (χ0) is 34.1. The van der Waals surface area contributed by atoms with E-state index in [9.17, 15) is 5.26 Å². The van der Waals surface area contributed by atoms with Crippen LogP contribution in [-0.4, -0.2) is 19.9 Å². The first kappa shape index (κ1) is 29.9. The number of pyridine rings is 1. The van der Waals surface area contributed by atoms with Gasteiger partial charge in [0.25, 0.3) is 0 Å². The van der Waals surface area contributed by atoms with Gasteiger partial charge in [0.05, 0.1) is 17.0 Å². The molecule has 0 aliphatic heterocycles. The quantitative estimate of drug-likeness (QED) is 0.177. The Morgan fingerprint density at radius 3 is 1.67 bits per heavy atom. The second-order valence-corrected chi connectivity index (χ2v) is 12.2. The van der Waals surface area contributed by atoms with Crippen LogP contribution in [0.25, 0.3) is 89.6 Å². The monoisotopic (exact) mass is 653 g/mol. The molecule has 9 aromatic rings. The average Bonchev–Trinajstić information content (AvgIpc) is 3.60. The molecule has 3 heterocycles. The summed E-state index contributed by atoms with van der Waals surface area (Å²) in [5.41, 5.74) is 10.9. The van der Waals surface area contributed by atoms with Gasteiger partial charge in [-0.2, -0.15) is 5.26 Å². The molecular formula is C45H27N5O. The van der Waals surface area contributed by atoms with E-state index in [0.29, 0.717) is 34.3 Å². The van der Waals surface area contributed by atoms with Gasteiger partial charge in [0.15, 0.2) is 17.5 Å². The van der Waals surface area contributed by atoms with E-state index in [1.54, 1.807) is 12.3 Å². The lowest BCUT2D eigenvalue weighted by Crippen LogP contribution is -2.00. The SMILES string of the molecule is N#Cc1cccc(-c2ccc(-c3nc(-c4ccccc4)nc(-c4ccc5c(c4)oc4nccc(-c6ccc(-c7ccccc7)cc6)c45)n3)cc2)c1. The van der Waals surface area contributed by atoms with Crippen molar-refractivity contribution in [1.82, 2.24) is 19.9 Å². The fraction of sp³-hybridized carbons (Fsp3) is 0. The molecule has 238 valence electrons. The maximum absolute atomic E-state index is 9.36. The minimum Gasteiger partial charge on any atom is -0.438 e.